The second-order valence-electron chi connectivity index (χ2n) is 5.90. The van der Waals surface area contributed by atoms with Gasteiger partial charge in [0.25, 0.3) is 0 Å². The highest BCUT2D eigenvalue weighted by molar-refractivity contribution is 6.32. The SMILES string of the molecule is C=CN(/N=C(/C)C(C)CC)c1cc(CC(Cl)C(=O)OCC)c(Cl)cc1F. The van der Waals surface area contributed by atoms with E-state index in [9.17, 15) is 9.18 Å². The Morgan fingerprint density at radius 3 is 2.65 bits per heavy atom. The molecule has 2 unspecified atom stereocenters. The summed E-state index contributed by atoms with van der Waals surface area (Å²) >= 11 is 12.2. The molecule has 0 spiro atoms. The molecule has 0 fully saturated rings. The molecule has 0 aliphatic heterocycles. The van der Waals surface area contributed by atoms with Crippen LogP contribution in [0.5, 0.6) is 0 Å². The van der Waals surface area contributed by atoms with Crippen LogP contribution in [0.2, 0.25) is 5.02 Å². The van der Waals surface area contributed by atoms with E-state index in [4.69, 9.17) is 27.9 Å². The minimum atomic E-state index is -0.909. The largest absolute Gasteiger partial charge is 0.465 e. The summed E-state index contributed by atoms with van der Waals surface area (Å²) in [5, 5.41) is 5.08. The van der Waals surface area contributed by atoms with Gasteiger partial charge in [-0.1, -0.05) is 32.0 Å². The van der Waals surface area contributed by atoms with E-state index < -0.39 is 17.2 Å². The number of esters is 1. The van der Waals surface area contributed by atoms with Crippen LogP contribution < -0.4 is 5.01 Å². The summed E-state index contributed by atoms with van der Waals surface area (Å²) in [5.41, 5.74) is 1.57. The molecule has 0 heterocycles. The number of rotatable bonds is 9. The number of halogens is 3. The number of ether oxygens (including phenoxy) is 1. The number of alkyl halides is 1. The highest BCUT2D eigenvalue weighted by Crippen LogP contribution is 2.29. The third-order valence-electron chi connectivity index (χ3n) is 4.07. The number of hydrogen-bond donors (Lipinski definition) is 0. The molecule has 0 aliphatic rings. The lowest BCUT2D eigenvalue weighted by molar-refractivity contribution is -0.142. The molecule has 26 heavy (non-hydrogen) atoms. The number of benzene rings is 1. The normalized spacial score (nSPS) is 13.9. The van der Waals surface area contributed by atoms with Crippen molar-refractivity contribution in [3.63, 3.8) is 0 Å². The van der Waals surface area contributed by atoms with Gasteiger partial charge in [0.15, 0.2) is 0 Å². The average Bonchev–Trinajstić information content (AvgIpc) is 2.61. The van der Waals surface area contributed by atoms with E-state index in [2.05, 4.69) is 18.6 Å². The molecule has 7 heteroatoms. The molecule has 4 nitrogen and oxygen atoms in total. The molecule has 0 N–H and O–H groups in total. The van der Waals surface area contributed by atoms with E-state index in [1.54, 1.807) is 6.92 Å². The summed E-state index contributed by atoms with van der Waals surface area (Å²) in [7, 11) is 0. The summed E-state index contributed by atoms with van der Waals surface area (Å²) in [6.45, 7) is 11.6. The standard InChI is InChI=1S/C19H25Cl2FN2O2/c1-6-12(4)13(5)23-24(7-2)18-10-14(15(20)11-17(18)22)9-16(21)19(25)26-8-3/h7,10-12,16H,2,6,8-9H2,1,3-5H3/b23-13-. The van der Waals surface area contributed by atoms with Gasteiger partial charge in [-0.25, -0.2) is 9.40 Å². The smallest absolute Gasteiger partial charge is 0.324 e. The lowest BCUT2D eigenvalue weighted by Crippen LogP contribution is -2.21. The summed E-state index contributed by atoms with van der Waals surface area (Å²) in [6.07, 6.45) is 2.46. The summed E-state index contributed by atoms with van der Waals surface area (Å²) in [6, 6.07) is 2.72. The highest BCUT2D eigenvalue weighted by Gasteiger charge is 2.21. The van der Waals surface area contributed by atoms with Crippen molar-refractivity contribution in [2.75, 3.05) is 11.6 Å². The maximum atomic E-state index is 14.4. The van der Waals surface area contributed by atoms with Crippen LogP contribution in [-0.2, 0) is 16.0 Å². The Morgan fingerprint density at radius 1 is 1.46 bits per heavy atom. The van der Waals surface area contributed by atoms with E-state index in [1.807, 2.05) is 13.8 Å². The molecule has 1 aromatic rings. The van der Waals surface area contributed by atoms with Gasteiger partial charge in [0, 0.05) is 23.4 Å². The molecule has 2 atom stereocenters. The van der Waals surface area contributed by atoms with Crippen LogP contribution in [0.3, 0.4) is 0 Å². The number of anilines is 1. The van der Waals surface area contributed by atoms with Crippen molar-refractivity contribution >= 4 is 40.6 Å². The topological polar surface area (TPSA) is 41.9 Å². The molecule has 0 amide bonds. The van der Waals surface area contributed by atoms with Gasteiger partial charge in [-0.15, -0.1) is 11.6 Å². The van der Waals surface area contributed by atoms with Crippen molar-refractivity contribution in [3.8, 4) is 0 Å². The molecule has 0 aliphatic carbocycles. The van der Waals surface area contributed by atoms with Crippen LogP contribution in [0.25, 0.3) is 0 Å². The first kappa shape index (κ1) is 22.5. The number of carbonyl (C=O) groups excluding carboxylic acids is 1. The van der Waals surface area contributed by atoms with E-state index in [-0.39, 0.29) is 29.7 Å². The second-order valence-corrected chi connectivity index (χ2v) is 6.83. The molecule has 0 aromatic heterocycles. The summed E-state index contributed by atoms with van der Waals surface area (Å²) in [4.78, 5) is 11.7. The first-order valence-electron chi connectivity index (χ1n) is 8.50. The fourth-order valence-corrected chi connectivity index (χ4v) is 2.64. The van der Waals surface area contributed by atoms with Crippen LogP contribution in [0.1, 0.15) is 39.7 Å². The monoisotopic (exact) mass is 402 g/mol. The van der Waals surface area contributed by atoms with Crippen molar-refractivity contribution in [1.29, 1.82) is 0 Å². The van der Waals surface area contributed by atoms with Gasteiger partial charge < -0.3 is 4.74 Å². The van der Waals surface area contributed by atoms with Crippen LogP contribution in [-0.4, -0.2) is 23.7 Å². The van der Waals surface area contributed by atoms with E-state index in [0.29, 0.717) is 5.56 Å². The van der Waals surface area contributed by atoms with Gasteiger partial charge in [-0.3, -0.25) is 4.79 Å². The van der Waals surface area contributed by atoms with Gasteiger partial charge in [0.1, 0.15) is 16.9 Å². The minimum Gasteiger partial charge on any atom is -0.465 e. The first-order valence-corrected chi connectivity index (χ1v) is 9.31. The van der Waals surface area contributed by atoms with Crippen LogP contribution in [0.4, 0.5) is 10.1 Å². The van der Waals surface area contributed by atoms with E-state index in [1.165, 1.54) is 23.3 Å². The fraction of sp³-hybridized carbons (Fsp3) is 0.474. The van der Waals surface area contributed by atoms with E-state index >= 15 is 0 Å². The van der Waals surface area contributed by atoms with Gasteiger partial charge in [0.2, 0.25) is 0 Å². The van der Waals surface area contributed by atoms with Crippen molar-refractivity contribution < 1.29 is 13.9 Å². The highest BCUT2D eigenvalue weighted by atomic mass is 35.5. The maximum absolute atomic E-state index is 14.4. The van der Waals surface area contributed by atoms with Crippen LogP contribution >= 0.6 is 23.2 Å². The zero-order valence-electron chi connectivity index (χ0n) is 15.6. The Labute approximate surface area is 164 Å². The Hall–Kier alpha value is -1.59. The second kappa shape index (κ2) is 10.5. The van der Waals surface area contributed by atoms with Gasteiger partial charge in [0.05, 0.1) is 6.61 Å². The molecule has 144 valence electrons. The molecule has 0 saturated carbocycles. The Balaban J connectivity index is 3.19. The molecule has 1 rings (SSSR count). The zero-order valence-corrected chi connectivity index (χ0v) is 17.1. The molecule has 0 radical (unpaired) electrons. The lowest BCUT2D eigenvalue weighted by atomic mass is 10.0. The predicted octanol–water partition coefficient (Wildman–Crippen LogP) is 5.56. The van der Waals surface area contributed by atoms with Crippen molar-refractivity contribution in [1.82, 2.24) is 0 Å². The first-order chi connectivity index (χ1) is 12.2. The Bertz CT molecular complexity index is 680. The molecule has 0 bridgehead atoms. The average molecular weight is 403 g/mol. The number of hydrazone groups is 1. The van der Waals surface area contributed by atoms with Crippen molar-refractivity contribution in [2.24, 2.45) is 11.0 Å². The van der Waals surface area contributed by atoms with Crippen molar-refractivity contribution in [2.45, 2.75) is 45.9 Å². The Morgan fingerprint density at radius 2 is 2.12 bits per heavy atom. The predicted molar refractivity (Wildman–Crippen MR) is 107 cm³/mol. The molecule has 1 aromatic carbocycles. The molecular weight excluding hydrogens is 378 g/mol. The summed E-state index contributed by atoms with van der Waals surface area (Å²) in [5.74, 6) is -0.827. The van der Waals surface area contributed by atoms with Crippen LogP contribution in [0.15, 0.2) is 30.0 Å². The lowest BCUT2D eigenvalue weighted by Gasteiger charge is -2.20. The van der Waals surface area contributed by atoms with Gasteiger partial charge >= 0.3 is 5.97 Å². The van der Waals surface area contributed by atoms with Gasteiger partial charge in [-0.2, -0.15) is 5.10 Å². The maximum Gasteiger partial charge on any atom is 0.324 e. The fourth-order valence-electron chi connectivity index (χ4n) is 2.18. The molecule has 0 saturated heterocycles. The van der Waals surface area contributed by atoms with Gasteiger partial charge in [-0.05, 0) is 43.9 Å². The van der Waals surface area contributed by atoms with Crippen LogP contribution in [0, 0.1) is 11.7 Å². The van der Waals surface area contributed by atoms with Crippen molar-refractivity contribution in [3.05, 3.63) is 41.3 Å². The number of hydrogen-bond acceptors (Lipinski definition) is 4. The summed E-state index contributed by atoms with van der Waals surface area (Å²) < 4.78 is 19.3. The molecular formula is C19H25Cl2FN2O2. The number of nitrogens with zero attached hydrogens (tertiary/aromatic N) is 2. The third kappa shape index (κ3) is 5.99. The van der Waals surface area contributed by atoms with E-state index in [0.717, 1.165) is 12.1 Å². The minimum absolute atomic E-state index is 0.117. The third-order valence-corrected chi connectivity index (χ3v) is 4.75. The number of carbonyl (C=O) groups is 1. The quantitative estimate of drug-likeness (QED) is 0.235. The zero-order chi connectivity index (χ0) is 19.9. The Kier molecular flexibility index (Phi) is 9.09.